The van der Waals surface area contributed by atoms with Crippen LogP contribution in [0.25, 0.3) is 4.96 Å². The summed E-state index contributed by atoms with van der Waals surface area (Å²) >= 11 is 1.34. The molecular weight excluding hydrogens is 356 g/mol. The Bertz CT molecular complexity index is 883. The molecule has 8 nitrogen and oxygen atoms in total. The lowest BCUT2D eigenvalue weighted by atomic mass is 10.2. The van der Waals surface area contributed by atoms with Crippen LogP contribution in [0.2, 0.25) is 0 Å². The predicted molar refractivity (Wildman–Crippen MR) is 97.7 cm³/mol. The van der Waals surface area contributed by atoms with Crippen LogP contribution in [0, 0.1) is 0 Å². The molecule has 140 valence electrons. The van der Waals surface area contributed by atoms with Crippen LogP contribution in [0.15, 0.2) is 22.6 Å². The summed E-state index contributed by atoms with van der Waals surface area (Å²) in [6.45, 7) is 7.17. The minimum Gasteiger partial charge on any atom is -0.444 e. The predicted octanol–water partition coefficient (Wildman–Crippen LogP) is 1.84. The fraction of sp³-hybridized carbons (Fsp3) is 0.529. The van der Waals surface area contributed by atoms with Crippen LogP contribution in [0.4, 0.5) is 4.79 Å². The molecule has 26 heavy (non-hydrogen) atoms. The van der Waals surface area contributed by atoms with Crippen molar-refractivity contribution in [3.8, 4) is 0 Å². The number of nitrogens with zero attached hydrogens (tertiary/aromatic N) is 4. The molecule has 2 aromatic heterocycles. The minimum atomic E-state index is -0.560. The van der Waals surface area contributed by atoms with E-state index in [0.717, 1.165) is 0 Å². The third-order valence-electron chi connectivity index (χ3n) is 4.01. The molecular formula is C17H22N4O4S. The third kappa shape index (κ3) is 3.87. The second-order valence-electron chi connectivity index (χ2n) is 7.15. The Kier molecular flexibility index (Phi) is 4.99. The van der Waals surface area contributed by atoms with Gasteiger partial charge in [0.2, 0.25) is 0 Å². The molecule has 1 fully saturated rings. The monoisotopic (exact) mass is 378 g/mol. The Labute approximate surface area is 155 Å². The first-order valence-corrected chi connectivity index (χ1v) is 9.36. The Balaban J connectivity index is 1.72. The lowest BCUT2D eigenvalue weighted by Gasteiger charge is -2.26. The Hall–Kier alpha value is -2.42. The van der Waals surface area contributed by atoms with Gasteiger partial charge in [-0.3, -0.25) is 14.0 Å². The SMILES string of the molecule is CC(C)(C)OC(=O)N1CCCN(C(=O)c2cnc3sccn3c2=O)CC1. The molecule has 0 unspecified atom stereocenters. The van der Waals surface area contributed by atoms with Gasteiger partial charge in [0.1, 0.15) is 11.2 Å². The molecule has 3 heterocycles. The molecule has 3 rings (SSSR count). The molecule has 1 saturated heterocycles. The van der Waals surface area contributed by atoms with Crippen LogP contribution < -0.4 is 5.56 Å². The number of carbonyl (C=O) groups excluding carboxylic acids is 2. The van der Waals surface area contributed by atoms with Crippen molar-refractivity contribution in [3.05, 3.63) is 33.7 Å². The van der Waals surface area contributed by atoms with E-state index in [1.165, 1.54) is 21.9 Å². The summed E-state index contributed by atoms with van der Waals surface area (Å²) < 4.78 is 6.77. The van der Waals surface area contributed by atoms with E-state index in [1.54, 1.807) is 21.4 Å². The average molecular weight is 378 g/mol. The lowest BCUT2D eigenvalue weighted by Crippen LogP contribution is -2.41. The Morgan fingerprint density at radius 3 is 2.58 bits per heavy atom. The highest BCUT2D eigenvalue weighted by Gasteiger charge is 2.27. The first kappa shape index (κ1) is 18.4. The van der Waals surface area contributed by atoms with Gasteiger partial charge in [0.25, 0.3) is 11.5 Å². The zero-order valence-corrected chi connectivity index (χ0v) is 15.9. The van der Waals surface area contributed by atoms with E-state index >= 15 is 0 Å². The quantitative estimate of drug-likeness (QED) is 0.756. The molecule has 1 aliphatic heterocycles. The normalized spacial score (nSPS) is 15.8. The first-order chi connectivity index (χ1) is 12.3. The van der Waals surface area contributed by atoms with Gasteiger partial charge < -0.3 is 14.5 Å². The van der Waals surface area contributed by atoms with E-state index < -0.39 is 5.60 Å². The van der Waals surface area contributed by atoms with Crippen LogP contribution >= 0.6 is 11.3 Å². The van der Waals surface area contributed by atoms with Gasteiger partial charge in [-0.15, -0.1) is 11.3 Å². The van der Waals surface area contributed by atoms with Crippen molar-refractivity contribution < 1.29 is 14.3 Å². The van der Waals surface area contributed by atoms with E-state index in [-0.39, 0.29) is 23.1 Å². The van der Waals surface area contributed by atoms with E-state index in [2.05, 4.69) is 4.98 Å². The minimum absolute atomic E-state index is 0.0478. The van der Waals surface area contributed by atoms with Gasteiger partial charge in [-0.05, 0) is 27.2 Å². The van der Waals surface area contributed by atoms with Crippen molar-refractivity contribution in [3.63, 3.8) is 0 Å². The van der Waals surface area contributed by atoms with Crippen LogP contribution in [-0.2, 0) is 4.74 Å². The molecule has 0 N–H and O–H groups in total. The molecule has 0 atom stereocenters. The van der Waals surface area contributed by atoms with Gasteiger partial charge in [-0.25, -0.2) is 9.78 Å². The van der Waals surface area contributed by atoms with Crippen LogP contribution in [-0.4, -0.2) is 63.0 Å². The molecule has 1 aliphatic rings. The molecule has 9 heteroatoms. The topological polar surface area (TPSA) is 84.2 Å². The fourth-order valence-corrected chi connectivity index (χ4v) is 3.45. The molecule has 0 aliphatic carbocycles. The van der Waals surface area contributed by atoms with Crippen LogP contribution in [0.1, 0.15) is 37.6 Å². The van der Waals surface area contributed by atoms with E-state index in [1.807, 2.05) is 20.8 Å². The maximum Gasteiger partial charge on any atom is 0.410 e. The van der Waals surface area contributed by atoms with Gasteiger partial charge in [-0.1, -0.05) is 0 Å². The number of thiazole rings is 1. The van der Waals surface area contributed by atoms with Crippen LogP contribution in [0.5, 0.6) is 0 Å². The third-order valence-corrected chi connectivity index (χ3v) is 4.78. The van der Waals surface area contributed by atoms with E-state index in [9.17, 15) is 14.4 Å². The summed E-state index contributed by atoms with van der Waals surface area (Å²) in [5, 5.41) is 1.75. The Morgan fingerprint density at radius 1 is 1.15 bits per heavy atom. The molecule has 0 bridgehead atoms. The second kappa shape index (κ2) is 7.06. The van der Waals surface area contributed by atoms with Crippen LogP contribution in [0.3, 0.4) is 0 Å². The zero-order valence-electron chi connectivity index (χ0n) is 15.1. The number of hydrogen-bond donors (Lipinski definition) is 0. The summed E-state index contributed by atoms with van der Waals surface area (Å²) in [5.74, 6) is -0.353. The maximum atomic E-state index is 12.8. The molecule has 0 spiro atoms. The summed E-state index contributed by atoms with van der Waals surface area (Å²) in [6, 6.07) is 0. The van der Waals surface area contributed by atoms with Gasteiger partial charge in [0.05, 0.1) is 0 Å². The smallest absolute Gasteiger partial charge is 0.410 e. The number of carbonyl (C=O) groups is 2. The van der Waals surface area contributed by atoms with Crippen molar-refractivity contribution in [1.82, 2.24) is 19.2 Å². The fourth-order valence-electron chi connectivity index (χ4n) is 2.77. The average Bonchev–Trinajstić information content (AvgIpc) is 2.90. The molecule has 0 aromatic carbocycles. The molecule has 0 saturated carbocycles. The van der Waals surface area contributed by atoms with Crippen molar-refractivity contribution >= 4 is 28.3 Å². The first-order valence-electron chi connectivity index (χ1n) is 8.48. The number of fused-ring (bicyclic) bond motifs is 1. The zero-order chi connectivity index (χ0) is 18.9. The summed E-state index contributed by atoms with van der Waals surface area (Å²) in [6.07, 6.45) is 3.19. The number of ether oxygens (including phenoxy) is 1. The maximum absolute atomic E-state index is 12.8. The van der Waals surface area contributed by atoms with Crippen molar-refractivity contribution in [2.24, 2.45) is 0 Å². The van der Waals surface area contributed by atoms with Gasteiger partial charge in [0.15, 0.2) is 4.96 Å². The van der Waals surface area contributed by atoms with Gasteiger partial charge in [-0.2, -0.15) is 0 Å². The molecule has 2 aromatic rings. The summed E-state index contributed by atoms with van der Waals surface area (Å²) in [7, 11) is 0. The summed E-state index contributed by atoms with van der Waals surface area (Å²) in [5.41, 5.74) is -0.879. The lowest BCUT2D eigenvalue weighted by molar-refractivity contribution is 0.0255. The molecule has 2 amide bonds. The summed E-state index contributed by atoms with van der Waals surface area (Å²) in [4.78, 5) is 45.4. The highest BCUT2D eigenvalue weighted by molar-refractivity contribution is 7.15. The van der Waals surface area contributed by atoms with Crippen molar-refractivity contribution in [2.45, 2.75) is 32.8 Å². The Morgan fingerprint density at radius 2 is 1.85 bits per heavy atom. The largest absolute Gasteiger partial charge is 0.444 e. The van der Waals surface area contributed by atoms with Crippen molar-refractivity contribution in [2.75, 3.05) is 26.2 Å². The van der Waals surface area contributed by atoms with Gasteiger partial charge in [0, 0.05) is 44.0 Å². The number of amides is 2. The highest BCUT2D eigenvalue weighted by atomic mass is 32.1. The second-order valence-corrected chi connectivity index (χ2v) is 8.02. The van der Waals surface area contributed by atoms with E-state index in [0.29, 0.717) is 37.6 Å². The number of aromatic nitrogens is 2. The van der Waals surface area contributed by atoms with Crippen molar-refractivity contribution in [1.29, 1.82) is 0 Å². The molecule has 0 radical (unpaired) electrons. The number of rotatable bonds is 1. The standard InChI is InChI=1S/C17H22N4O4S/c1-17(2,3)25-16(24)20-6-4-5-19(7-8-20)13(22)12-11-18-15-21(14(12)23)9-10-26-15/h9-11H,4-8H2,1-3H3. The van der Waals surface area contributed by atoms with E-state index in [4.69, 9.17) is 4.74 Å². The highest BCUT2D eigenvalue weighted by Crippen LogP contribution is 2.13. The van der Waals surface area contributed by atoms with Gasteiger partial charge >= 0.3 is 6.09 Å². The number of hydrogen-bond acceptors (Lipinski definition) is 6.